The molecule has 2 aromatic heterocycles. The molecule has 6 heteroatoms. The molecule has 0 radical (unpaired) electrons. The number of hydrogen-bond donors (Lipinski definition) is 0. The molecule has 0 fully saturated rings. The molecule has 6 nitrogen and oxygen atoms in total. The molecule has 0 saturated carbocycles. The third-order valence-electron chi connectivity index (χ3n) is 2.77. The van der Waals surface area contributed by atoms with E-state index in [-0.39, 0.29) is 18.0 Å². The zero-order valence-corrected chi connectivity index (χ0v) is 10.5. The van der Waals surface area contributed by atoms with Crippen LogP contribution in [0.15, 0.2) is 18.3 Å². The van der Waals surface area contributed by atoms with Gasteiger partial charge in [0.1, 0.15) is 11.9 Å². The van der Waals surface area contributed by atoms with Crippen LogP contribution < -0.4 is 0 Å². The highest BCUT2D eigenvalue weighted by Gasteiger charge is 2.16. The van der Waals surface area contributed by atoms with Crippen molar-refractivity contribution in [3.63, 3.8) is 0 Å². The molecule has 0 aromatic carbocycles. The van der Waals surface area contributed by atoms with Crippen molar-refractivity contribution in [2.24, 2.45) is 0 Å². The summed E-state index contributed by atoms with van der Waals surface area (Å²) in [4.78, 5) is 37.8. The molecule has 2 rings (SSSR count). The Morgan fingerprint density at radius 1 is 1.42 bits per heavy atom. The van der Waals surface area contributed by atoms with Crippen molar-refractivity contribution in [2.75, 3.05) is 7.11 Å². The number of carbonyl (C=O) groups is 3. The summed E-state index contributed by atoms with van der Waals surface area (Å²) in [6.07, 6.45) is 2.27. The molecule has 0 aliphatic carbocycles. The minimum absolute atomic E-state index is 0.0708. The van der Waals surface area contributed by atoms with Crippen LogP contribution in [0.1, 0.15) is 27.8 Å². The number of rotatable bonds is 4. The molecule has 0 aliphatic heterocycles. The second kappa shape index (κ2) is 5.01. The Labute approximate surface area is 109 Å². The van der Waals surface area contributed by atoms with Gasteiger partial charge in [0, 0.05) is 17.1 Å². The number of ether oxygens (including phenoxy) is 1. The van der Waals surface area contributed by atoms with Crippen molar-refractivity contribution in [1.82, 2.24) is 9.55 Å². The average Bonchev–Trinajstić information content (AvgIpc) is 2.77. The van der Waals surface area contributed by atoms with E-state index in [2.05, 4.69) is 9.72 Å². The Hall–Kier alpha value is -2.50. The maximum atomic E-state index is 11.5. The second-order valence-electron chi connectivity index (χ2n) is 3.98. The minimum atomic E-state index is -0.565. The van der Waals surface area contributed by atoms with Gasteiger partial charge < -0.3 is 14.1 Å². The van der Waals surface area contributed by atoms with E-state index in [0.29, 0.717) is 22.9 Å². The van der Waals surface area contributed by atoms with E-state index in [4.69, 9.17) is 0 Å². The SMILES string of the molecule is COC(=O)c1ccc2c(C(C)=O)cn(CC=O)c2n1. The molecule has 0 atom stereocenters. The van der Waals surface area contributed by atoms with E-state index >= 15 is 0 Å². The first kappa shape index (κ1) is 12.9. The maximum absolute atomic E-state index is 11.5. The highest BCUT2D eigenvalue weighted by atomic mass is 16.5. The van der Waals surface area contributed by atoms with Crippen molar-refractivity contribution in [3.8, 4) is 0 Å². The number of fused-ring (bicyclic) bond motifs is 1. The van der Waals surface area contributed by atoms with Gasteiger partial charge in [0.15, 0.2) is 11.5 Å². The lowest BCUT2D eigenvalue weighted by Crippen LogP contribution is -2.06. The van der Waals surface area contributed by atoms with Crippen LogP contribution in [0.3, 0.4) is 0 Å². The Kier molecular flexibility index (Phi) is 3.41. The van der Waals surface area contributed by atoms with Crippen LogP contribution in [0.5, 0.6) is 0 Å². The minimum Gasteiger partial charge on any atom is -0.464 e. The van der Waals surface area contributed by atoms with Crippen LogP contribution in [0.4, 0.5) is 0 Å². The summed E-state index contributed by atoms with van der Waals surface area (Å²) in [5.74, 6) is -0.688. The highest BCUT2D eigenvalue weighted by molar-refractivity contribution is 6.06. The monoisotopic (exact) mass is 260 g/mol. The largest absolute Gasteiger partial charge is 0.464 e. The number of pyridine rings is 1. The van der Waals surface area contributed by atoms with Gasteiger partial charge in [-0.3, -0.25) is 4.79 Å². The van der Waals surface area contributed by atoms with Gasteiger partial charge >= 0.3 is 5.97 Å². The van der Waals surface area contributed by atoms with Crippen LogP contribution in [-0.4, -0.2) is 34.7 Å². The Bertz CT molecular complexity index is 673. The number of Topliss-reactive ketones (excluding diaryl/α,β-unsaturated/α-hetero) is 1. The second-order valence-corrected chi connectivity index (χ2v) is 3.98. The molecule has 0 amide bonds. The Morgan fingerprint density at radius 2 is 2.16 bits per heavy atom. The van der Waals surface area contributed by atoms with E-state index in [1.807, 2.05) is 0 Å². The van der Waals surface area contributed by atoms with E-state index < -0.39 is 5.97 Å². The van der Waals surface area contributed by atoms with Crippen LogP contribution in [0, 0.1) is 0 Å². The van der Waals surface area contributed by atoms with Crippen LogP contribution in [0.2, 0.25) is 0 Å². The fourth-order valence-corrected chi connectivity index (χ4v) is 1.88. The van der Waals surface area contributed by atoms with Crippen molar-refractivity contribution in [1.29, 1.82) is 0 Å². The van der Waals surface area contributed by atoms with Gasteiger partial charge in [-0.2, -0.15) is 0 Å². The molecule has 2 heterocycles. The smallest absolute Gasteiger partial charge is 0.356 e. The summed E-state index contributed by atoms with van der Waals surface area (Å²) >= 11 is 0. The molecular formula is C13H12N2O4. The quantitative estimate of drug-likeness (QED) is 0.469. The fraction of sp³-hybridized carbons (Fsp3) is 0.231. The average molecular weight is 260 g/mol. The lowest BCUT2D eigenvalue weighted by Gasteiger charge is -2.01. The summed E-state index contributed by atoms with van der Waals surface area (Å²) < 4.78 is 6.13. The number of nitrogens with zero attached hydrogens (tertiary/aromatic N) is 2. The zero-order valence-electron chi connectivity index (χ0n) is 10.5. The topological polar surface area (TPSA) is 78.3 Å². The normalized spacial score (nSPS) is 10.4. The molecule has 0 aliphatic rings. The standard InChI is InChI=1S/C13H12N2O4/c1-8(17)10-7-15(5-6-16)12-9(10)3-4-11(14-12)13(18)19-2/h3-4,6-7H,5H2,1-2H3. The van der Waals surface area contributed by atoms with Crippen LogP contribution in [-0.2, 0) is 16.1 Å². The first-order valence-corrected chi connectivity index (χ1v) is 5.61. The third kappa shape index (κ3) is 2.24. The Morgan fingerprint density at radius 3 is 2.74 bits per heavy atom. The number of carbonyl (C=O) groups excluding carboxylic acids is 3. The summed E-state index contributed by atoms with van der Waals surface area (Å²) in [6.45, 7) is 1.51. The van der Waals surface area contributed by atoms with Crippen LogP contribution >= 0.6 is 0 Å². The molecule has 0 saturated heterocycles. The van der Waals surface area contributed by atoms with Gasteiger partial charge in [0.05, 0.1) is 13.7 Å². The predicted octanol–water partition coefficient (Wildman–Crippen LogP) is 1.22. The lowest BCUT2D eigenvalue weighted by atomic mass is 10.1. The first-order chi connectivity index (χ1) is 9.08. The molecular weight excluding hydrogens is 248 g/mol. The van der Waals surface area contributed by atoms with E-state index in [0.717, 1.165) is 0 Å². The number of ketones is 1. The van der Waals surface area contributed by atoms with Gasteiger partial charge in [0.2, 0.25) is 0 Å². The molecule has 0 N–H and O–H groups in total. The molecule has 2 aromatic rings. The van der Waals surface area contributed by atoms with Crippen molar-refractivity contribution in [2.45, 2.75) is 13.5 Å². The maximum Gasteiger partial charge on any atom is 0.356 e. The summed E-state index contributed by atoms with van der Waals surface area (Å²) in [5.41, 5.74) is 1.02. The number of esters is 1. The zero-order chi connectivity index (χ0) is 14.0. The van der Waals surface area contributed by atoms with Crippen molar-refractivity contribution in [3.05, 3.63) is 29.6 Å². The van der Waals surface area contributed by atoms with E-state index in [1.54, 1.807) is 12.3 Å². The summed E-state index contributed by atoms with van der Waals surface area (Å²) in [7, 11) is 1.26. The van der Waals surface area contributed by atoms with Gasteiger partial charge in [-0.05, 0) is 19.1 Å². The predicted molar refractivity (Wildman–Crippen MR) is 67.1 cm³/mol. The third-order valence-corrected chi connectivity index (χ3v) is 2.77. The molecule has 0 bridgehead atoms. The summed E-state index contributed by atoms with van der Waals surface area (Å²) in [6, 6.07) is 3.12. The molecule has 0 unspecified atom stereocenters. The van der Waals surface area contributed by atoms with E-state index in [1.165, 1.54) is 24.7 Å². The van der Waals surface area contributed by atoms with Gasteiger partial charge in [-0.1, -0.05) is 0 Å². The van der Waals surface area contributed by atoms with E-state index in [9.17, 15) is 14.4 Å². The number of methoxy groups -OCH3 is 1. The molecule has 98 valence electrons. The van der Waals surface area contributed by atoms with Gasteiger partial charge in [-0.15, -0.1) is 0 Å². The number of aldehydes is 1. The highest BCUT2D eigenvalue weighted by Crippen LogP contribution is 2.21. The van der Waals surface area contributed by atoms with Gasteiger partial charge in [-0.25, -0.2) is 9.78 Å². The van der Waals surface area contributed by atoms with Crippen molar-refractivity contribution < 1.29 is 19.1 Å². The fourth-order valence-electron chi connectivity index (χ4n) is 1.88. The molecule has 0 spiro atoms. The Balaban J connectivity index is 2.68. The number of aromatic nitrogens is 2. The molecule has 19 heavy (non-hydrogen) atoms. The lowest BCUT2D eigenvalue weighted by molar-refractivity contribution is -0.108. The van der Waals surface area contributed by atoms with Crippen LogP contribution in [0.25, 0.3) is 11.0 Å². The van der Waals surface area contributed by atoms with Gasteiger partial charge in [0.25, 0.3) is 0 Å². The summed E-state index contributed by atoms with van der Waals surface area (Å²) in [5, 5.41) is 0.613. The number of hydrogen-bond acceptors (Lipinski definition) is 5. The van der Waals surface area contributed by atoms with Crippen molar-refractivity contribution >= 4 is 29.1 Å². The first-order valence-electron chi connectivity index (χ1n) is 5.61.